The van der Waals surface area contributed by atoms with Gasteiger partial charge in [-0.25, -0.2) is 10.2 Å². The van der Waals surface area contributed by atoms with E-state index in [9.17, 15) is 9.59 Å². The molecule has 1 N–H and O–H groups in total. The van der Waals surface area contributed by atoms with E-state index in [4.69, 9.17) is 16.3 Å². The lowest BCUT2D eigenvalue weighted by Gasteiger charge is -2.26. The van der Waals surface area contributed by atoms with Crippen LogP contribution in [-0.4, -0.2) is 42.3 Å². The van der Waals surface area contributed by atoms with E-state index in [1.165, 1.54) is 0 Å². The molecule has 1 saturated heterocycles. The van der Waals surface area contributed by atoms with Crippen LogP contribution >= 0.6 is 11.6 Å². The molecule has 22 heavy (non-hydrogen) atoms. The molecule has 0 bridgehead atoms. The van der Waals surface area contributed by atoms with Crippen molar-refractivity contribution in [3.63, 3.8) is 0 Å². The van der Waals surface area contributed by atoms with E-state index < -0.39 is 0 Å². The van der Waals surface area contributed by atoms with Crippen LogP contribution in [0.3, 0.4) is 0 Å². The largest absolute Gasteiger partial charge is 0.450 e. The monoisotopic (exact) mass is 323 g/mol. The number of carbonyl (C=O) groups is 2. The van der Waals surface area contributed by atoms with Gasteiger partial charge in [-0.3, -0.25) is 4.79 Å². The predicted octanol–water partition coefficient (Wildman–Crippen LogP) is 2.68. The second kappa shape index (κ2) is 7.79. The number of benzene rings is 1. The number of hydrazone groups is 1. The quantitative estimate of drug-likeness (QED) is 0.869. The van der Waals surface area contributed by atoms with Crippen LogP contribution in [-0.2, 0) is 4.74 Å². The van der Waals surface area contributed by atoms with Gasteiger partial charge in [-0.2, -0.15) is 5.10 Å². The van der Waals surface area contributed by atoms with Crippen molar-refractivity contribution in [2.24, 2.45) is 5.10 Å². The summed E-state index contributed by atoms with van der Waals surface area (Å²) in [5.41, 5.74) is 3.74. The first-order valence-corrected chi connectivity index (χ1v) is 7.51. The van der Waals surface area contributed by atoms with E-state index in [0.29, 0.717) is 43.1 Å². The highest BCUT2D eigenvalue weighted by Crippen LogP contribution is 2.14. The zero-order valence-corrected chi connectivity index (χ0v) is 13.1. The standard InChI is InChI=1S/C15H18ClN3O3/c1-2-22-15(21)19-9-7-11(8-10-19)17-18-14(20)12-5-3-4-6-13(12)16/h3-6H,2,7-10H2,1H3,(H,18,20). The second-order valence-corrected chi connectivity index (χ2v) is 5.19. The Morgan fingerprint density at radius 3 is 2.64 bits per heavy atom. The topological polar surface area (TPSA) is 71.0 Å². The van der Waals surface area contributed by atoms with Crippen LogP contribution in [0.2, 0.25) is 5.02 Å². The third-order valence-corrected chi connectivity index (χ3v) is 3.63. The maximum atomic E-state index is 12.0. The third-order valence-electron chi connectivity index (χ3n) is 3.30. The third kappa shape index (κ3) is 4.21. The molecule has 1 aliphatic heterocycles. The summed E-state index contributed by atoms with van der Waals surface area (Å²) < 4.78 is 4.95. The first kappa shape index (κ1) is 16.3. The van der Waals surface area contributed by atoms with Crippen molar-refractivity contribution in [3.05, 3.63) is 34.9 Å². The zero-order valence-electron chi connectivity index (χ0n) is 12.3. The fourth-order valence-electron chi connectivity index (χ4n) is 2.11. The lowest BCUT2D eigenvalue weighted by molar-refractivity contribution is 0.0951. The number of ether oxygens (including phenoxy) is 1. The van der Waals surface area contributed by atoms with Crippen LogP contribution in [0.15, 0.2) is 29.4 Å². The summed E-state index contributed by atoms with van der Waals surface area (Å²) in [4.78, 5) is 25.2. The van der Waals surface area contributed by atoms with E-state index in [1.807, 2.05) is 0 Å². The highest BCUT2D eigenvalue weighted by Gasteiger charge is 2.21. The van der Waals surface area contributed by atoms with Gasteiger partial charge in [0.25, 0.3) is 5.91 Å². The van der Waals surface area contributed by atoms with Crippen LogP contribution in [0.4, 0.5) is 4.79 Å². The smallest absolute Gasteiger partial charge is 0.409 e. The van der Waals surface area contributed by atoms with Gasteiger partial charge in [0.05, 0.1) is 17.2 Å². The average Bonchev–Trinajstić information content (AvgIpc) is 2.54. The van der Waals surface area contributed by atoms with E-state index in [2.05, 4.69) is 10.5 Å². The maximum Gasteiger partial charge on any atom is 0.409 e. The van der Waals surface area contributed by atoms with Gasteiger partial charge in [-0.05, 0) is 19.1 Å². The first-order chi connectivity index (χ1) is 10.6. The lowest BCUT2D eigenvalue weighted by atomic mass is 10.1. The maximum absolute atomic E-state index is 12.0. The predicted molar refractivity (Wildman–Crippen MR) is 84.2 cm³/mol. The average molecular weight is 324 g/mol. The molecule has 0 aliphatic carbocycles. The van der Waals surface area contributed by atoms with Gasteiger partial charge in [0, 0.05) is 31.6 Å². The van der Waals surface area contributed by atoms with Crippen molar-refractivity contribution >= 4 is 29.3 Å². The van der Waals surface area contributed by atoms with Gasteiger partial charge < -0.3 is 9.64 Å². The van der Waals surface area contributed by atoms with Gasteiger partial charge >= 0.3 is 6.09 Å². The van der Waals surface area contributed by atoms with E-state index >= 15 is 0 Å². The van der Waals surface area contributed by atoms with Gasteiger partial charge in [-0.1, -0.05) is 23.7 Å². The molecule has 0 atom stereocenters. The summed E-state index contributed by atoms with van der Waals surface area (Å²) in [5.74, 6) is -0.342. The molecule has 7 heteroatoms. The fourth-order valence-corrected chi connectivity index (χ4v) is 2.33. The summed E-state index contributed by atoms with van der Waals surface area (Å²) in [6.07, 6.45) is 0.921. The van der Waals surface area contributed by atoms with Crippen molar-refractivity contribution in [2.75, 3.05) is 19.7 Å². The van der Waals surface area contributed by atoms with Crippen LogP contribution in [0, 0.1) is 0 Å². The first-order valence-electron chi connectivity index (χ1n) is 7.13. The molecular formula is C15H18ClN3O3. The van der Waals surface area contributed by atoms with Gasteiger partial charge in [-0.15, -0.1) is 0 Å². The Hall–Kier alpha value is -2.08. The number of hydrogen-bond donors (Lipinski definition) is 1. The molecule has 1 fully saturated rings. The molecule has 0 unspecified atom stereocenters. The van der Waals surface area contributed by atoms with Crippen molar-refractivity contribution in [1.82, 2.24) is 10.3 Å². The molecule has 0 aromatic heterocycles. The molecule has 1 aromatic rings. The number of halogens is 1. The molecule has 2 rings (SSSR count). The number of amides is 2. The van der Waals surface area contributed by atoms with Gasteiger partial charge in [0.2, 0.25) is 0 Å². The summed E-state index contributed by atoms with van der Waals surface area (Å²) in [6.45, 7) is 3.22. The molecule has 2 amide bonds. The van der Waals surface area contributed by atoms with Crippen LogP contribution < -0.4 is 5.43 Å². The Bertz CT molecular complexity index is 579. The minimum absolute atomic E-state index is 0.304. The van der Waals surface area contributed by atoms with Crippen molar-refractivity contribution < 1.29 is 14.3 Å². The van der Waals surface area contributed by atoms with E-state index in [0.717, 1.165) is 5.71 Å². The Balaban J connectivity index is 1.87. The Labute approximate surface area is 134 Å². The molecule has 1 aromatic carbocycles. The van der Waals surface area contributed by atoms with E-state index in [1.54, 1.807) is 36.1 Å². The Kier molecular flexibility index (Phi) is 5.77. The number of nitrogens with one attached hydrogen (secondary N) is 1. The molecule has 1 aliphatic rings. The highest BCUT2D eigenvalue weighted by molar-refractivity contribution is 6.33. The number of piperidine rings is 1. The fraction of sp³-hybridized carbons (Fsp3) is 0.400. The molecule has 118 valence electrons. The molecule has 0 spiro atoms. The number of carbonyl (C=O) groups excluding carboxylic acids is 2. The number of hydrogen-bond acceptors (Lipinski definition) is 4. The van der Waals surface area contributed by atoms with Crippen LogP contribution in [0.5, 0.6) is 0 Å². The van der Waals surface area contributed by atoms with Crippen molar-refractivity contribution in [2.45, 2.75) is 19.8 Å². The van der Waals surface area contributed by atoms with Gasteiger partial charge in [0.15, 0.2) is 0 Å². The summed E-state index contributed by atoms with van der Waals surface area (Å²) in [7, 11) is 0. The zero-order chi connectivity index (χ0) is 15.9. The van der Waals surface area contributed by atoms with Crippen molar-refractivity contribution in [3.8, 4) is 0 Å². The lowest BCUT2D eigenvalue weighted by Crippen LogP contribution is -2.39. The minimum Gasteiger partial charge on any atom is -0.450 e. The SMILES string of the molecule is CCOC(=O)N1CCC(=NNC(=O)c2ccccc2Cl)CC1. The van der Waals surface area contributed by atoms with Crippen LogP contribution in [0.1, 0.15) is 30.1 Å². The number of nitrogens with zero attached hydrogens (tertiary/aromatic N) is 2. The Morgan fingerprint density at radius 2 is 2.00 bits per heavy atom. The summed E-state index contributed by atoms with van der Waals surface area (Å²) >= 11 is 5.96. The molecular weight excluding hydrogens is 306 g/mol. The van der Waals surface area contributed by atoms with Crippen molar-refractivity contribution in [1.29, 1.82) is 0 Å². The highest BCUT2D eigenvalue weighted by atomic mass is 35.5. The minimum atomic E-state index is -0.342. The van der Waals surface area contributed by atoms with Crippen LogP contribution in [0.25, 0.3) is 0 Å². The summed E-state index contributed by atoms with van der Waals surface area (Å²) in [6, 6.07) is 6.80. The summed E-state index contributed by atoms with van der Waals surface area (Å²) in [5, 5.41) is 4.51. The second-order valence-electron chi connectivity index (χ2n) is 4.78. The normalized spacial score (nSPS) is 14.5. The Morgan fingerprint density at radius 1 is 1.32 bits per heavy atom. The van der Waals surface area contributed by atoms with E-state index in [-0.39, 0.29) is 12.0 Å². The molecule has 0 saturated carbocycles. The molecule has 0 radical (unpaired) electrons. The molecule has 6 nitrogen and oxygen atoms in total. The number of rotatable bonds is 3. The van der Waals surface area contributed by atoms with Gasteiger partial charge in [0.1, 0.15) is 0 Å². The number of likely N-dealkylation sites (tertiary alicyclic amines) is 1. The molecule has 1 heterocycles.